The highest BCUT2D eigenvalue weighted by molar-refractivity contribution is 7.98. The summed E-state index contributed by atoms with van der Waals surface area (Å²) in [5, 5.41) is 11.7. The molecule has 2 aromatic carbocycles. The summed E-state index contributed by atoms with van der Waals surface area (Å²) in [6.45, 7) is 2.38. The van der Waals surface area contributed by atoms with Crippen LogP contribution >= 0.6 is 11.8 Å². The fraction of sp³-hybridized carbons (Fsp3) is 0.176. The fourth-order valence-corrected chi connectivity index (χ4v) is 2.39. The van der Waals surface area contributed by atoms with Crippen LogP contribution in [0.5, 0.6) is 0 Å². The summed E-state index contributed by atoms with van der Waals surface area (Å²) in [7, 11) is 0. The maximum absolute atomic E-state index is 12.3. The Labute approximate surface area is 129 Å². The lowest BCUT2D eigenvalue weighted by Crippen LogP contribution is -2.23. The number of nitriles is 1. The van der Waals surface area contributed by atoms with Gasteiger partial charge in [0.2, 0.25) is 0 Å². The highest BCUT2D eigenvalue weighted by atomic mass is 32.2. The predicted molar refractivity (Wildman–Crippen MR) is 85.3 cm³/mol. The topological polar surface area (TPSA) is 52.9 Å². The van der Waals surface area contributed by atoms with E-state index in [2.05, 4.69) is 11.4 Å². The summed E-state index contributed by atoms with van der Waals surface area (Å²) in [5.74, 6) is -0.0761. The maximum atomic E-state index is 12.3. The number of carbonyl (C=O) groups is 1. The van der Waals surface area contributed by atoms with E-state index >= 15 is 0 Å². The molecular weight excluding hydrogens is 280 g/mol. The quantitative estimate of drug-likeness (QED) is 0.878. The van der Waals surface area contributed by atoms with Crippen LogP contribution in [0.4, 0.5) is 0 Å². The van der Waals surface area contributed by atoms with Gasteiger partial charge < -0.3 is 5.32 Å². The van der Waals surface area contributed by atoms with Gasteiger partial charge in [-0.3, -0.25) is 4.79 Å². The van der Waals surface area contributed by atoms with Crippen LogP contribution in [0.25, 0.3) is 0 Å². The molecular formula is C17H16N2OS. The van der Waals surface area contributed by atoms with E-state index in [0.29, 0.717) is 17.7 Å². The molecule has 2 rings (SSSR count). The van der Waals surface area contributed by atoms with Gasteiger partial charge in [-0.05, 0) is 48.6 Å². The summed E-state index contributed by atoms with van der Waals surface area (Å²) in [6, 6.07) is 15.2. The Kier molecular flexibility index (Phi) is 5.02. The Morgan fingerprint density at radius 2 is 1.95 bits per heavy atom. The summed E-state index contributed by atoms with van der Waals surface area (Å²) in [5.41, 5.74) is 3.26. The van der Waals surface area contributed by atoms with Gasteiger partial charge in [-0.25, -0.2) is 0 Å². The van der Waals surface area contributed by atoms with Crippen molar-refractivity contribution >= 4 is 17.7 Å². The van der Waals surface area contributed by atoms with Crippen molar-refractivity contribution in [2.45, 2.75) is 18.4 Å². The highest BCUT2D eigenvalue weighted by Crippen LogP contribution is 2.19. The second-order valence-corrected chi connectivity index (χ2v) is 5.55. The van der Waals surface area contributed by atoms with Crippen molar-refractivity contribution in [3.8, 4) is 6.07 Å². The SMILES string of the molecule is CSc1ccc(C)c(C(=O)NCc2ccc(C#N)cc2)c1. The Hall–Kier alpha value is -2.25. The third-order valence-corrected chi connectivity index (χ3v) is 3.95. The molecule has 3 nitrogen and oxygen atoms in total. The van der Waals surface area contributed by atoms with E-state index in [-0.39, 0.29) is 5.91 Å². The number of nitrogens with one attached hydrogen (secondary N) is 1. The number of aryl methyl sites for hydroxylation is 1. The van der Waals surface area contributed by atoms with Crippen LogP contribution in [0.3, 0.4) is 0 Å². The molecule has 0 aliphatic carbocycles. The zero-order valence-corrected chi connectivity index (χ0v) is 12.8. The van der Waals surface area contributed by atoms with Crippen molar-refractivity contribution in [3.05, 3.63) is 64.7 Å². The molecule has 0 aliphatic heterocycles. The molecule has 0 bridgehead atoms. The van der Waals surface area contributed by atoms with Crippen LogP contribution in [0, 0.1) is 18.3 Å². The average molecular weight is 296 g/mol. The molecule has 0 unspecified atom stereocenters. The molecule has 0 saturated heterocycles. The van der Waals surface area contributed by atoms with Gasteiger partial charge in [0.1, 0.15) is 0 Å². The van der Waals surface area contributed by atoms with Crippen LogP contribution in [0.15, 0.2) is 47.4 Å². The van der Waals surface area contributed by atoms with Crippen LogP contribution in [0.1, 0.15) is 27.0 Å². The van der Waals surface area contributed by atoms with Gasteiger partial charge in [-0.15, -0.1) is 11.8 Å². The van der Waals surface area contributed by atoms with E-state index in [1.54, 1.807) is 23.9 Å². The molecule has 1 N–H and O–H groups in total. The minimum atomic E-state index is -0.0761. The van der Waals surface area contributed by atoms with E-state index in [1.807, 2.05) is 43.5 Å². The number of hydrogen-bond acceptors (Lipinski definition) is 3. The van der Waals surface area contributed by atoms with Crippen molar-refractivity contribution in [1.29, 1.82) is 5.26 Å². The van der Waals surface area contributed by atoms with Crippen molar-refractivity contribution in [2.24, 2.45) is 0 Å². The summed E-state index contributed by atoms with van der Waals surface area (Å²) in [4.78, 5) is 13.3. The minimum Gasteiger partial charge on any atom is -0.348 e. The Balaban J connectivity index is 2.06. The van der Waals surface area contributed by atoms with Gasteiger partial charge in [0.25, 0.3) is 5.91 Å². The van der Waals surface area contributed by atoms with Crippen LogP contribution in [-0.2, 0) is 6.54 Å². The lowest BCUT2D eigenvalue weighted by atomic mass is 10.1. The molecule has 0 radical (unpaired) electrons. The minimum absolute atomic E-state index is 0.0761. The zero-order valence-electron chi connectivity index (χ0n) is 12.0. The van der Waals surface area contributed by atoms with E-state index in [9.17, 15) is 4.79 Å². The molecule has 1 amide bonds. The molecule has 0 aromatic heterocycles. The van der Waals surface area contributed by atoms with Gasteiger partial charge in [-0.2, -0.15) is 5.26 Å². The molecule has 0 fully saturated rings. The number of rotatable bonds is 4. The first kappa shape index (κ1) is 15.1. The molecule has 0 aliphatic rings. The normalized spacial score (nSPS) is 9.95. The number of hydrogen-bond donors (Lipinski definition) is 1. The van der Waals surface area contributed by atoms with Crippen molar-refractivity contribution in [1.82, 2.24) is 5.32 Å². The van der Waals surface area contributed by atoms with Crippen LogP contribution in [0.2, 0.25) is 0 Å². The maximum Gasteiger partial charge on any atom is 0.251 e. The molecule has 0 heterocycles. The van der Waals surface area contributed by atoms with E-state index < -0.39 is 0 Å². The first-order valence-corrected chi connectivity index (χ1v) is 7.78. The van der Waals surface area contributed by atoms with Gasteiger partial charge in [-0.1, -0.05) is 18.2 Å². The van der Waals surface area contributed by atoms with Crippen molar-refractivity contribution in [2.75, 3.05) is 6.26 Å². The standard InChI is InChI=1S/C17H16N2OS/c1-12-3-8-15(21-2)9-16(12)17(20)19-11-14-6-4-13(10-18)5-7-14/h3-9H,11H2,1-2H3,(H,19,20). The average Bonchev–Trinajstić information content (AvgIpc) is 2.53. The van der Waals surface area contributed by atoms with Crippen molar-refractivity contribution < 1.29 is 4.79 Å². The van der Waals surface area contributed by atoms with Crippen LogP contribution < -0.4 is 5.32 Å². The molecule has 0 saturated carbocycles. The third-order valence-electron chi connectivity index (χ3n) is 3.23. The fourth-order valence-electron chi connectivity index (χ4n) is 1.95. The highest BCUT2D eigenvalue weighted by Gasteiger charge is 2.09. The molecule has 0 spiro atoms. The van der Waals surface area contributed by atoms with E-state index in [4.69, 9.17) is 5.26 Å². The van der Waals surface area contributed by atoms with E-state index in [0.717, 1.165) is 16.0 Å². The van der Waals surface area contributed by atoms with Gasteiger partial charge in [0.05, 0.1) is 11.6 Å². The molecule has 4 heteroatoms. The molecule has 0 atom stereocenters. The number of thioether (sulfide) groups is 1. The lowest BCUT2D eigenvalue weighted by Gasteiger charge is -2.09. The largest absolute Gasteiger partial charge is 0.348 e. The lowest BCUT2D eigenvalue weighted by molar-refractivity contribution is 0.0950. The third kappa shape index (κ3) is 3.87. The second kappa shape index (κ2) is 6.96. The Morgan fingerprint density at radius 1 is 1.24 bits per heavy atom. The molecule has 2 aromatic rings. The molecule has 106 valence electrons. The zero-order chi connectivity index (χ0) is 15.2. The summed E-state index contributed by atoms with van der Waals surface area (Å²) in [6.07, 6.45) is 1.99. The number of benzene rings is 2. The number of nitrogens with zero attached hydrogens (tertiary/aromatic N) is 1. The van der Waals surface area contributed by atoms with Gasteiger partial charge in [0.15, 0.2) is 0 Å². The first-order valence-electron chi connectivity index (χ1n) is 6.56. The van der Waals surface area contributed by atoms with Crippen LogP contribution in [-0.4, -0.2) is 12.2 Å². The smallest absolute Gasteiger partial charge is 0.251 e. The predicted octanol–water partition coefficient (Wildman–Crippen LogP) is 3.52. The second-order valence-electron chi connectivity index (χ2n) is 4.67. The summed E-state index contributed by atoms with van der Waals surface area (Å²) < 4.78 is 0. The number of amides is 1. The monoisotopic (exact) mass is 296 g/mol. The Bertz CT molecular complexity index is 687. The Morgan fingerprint density at radius 3 is 2.57 bits per heavy atom. The van der Waals surface area contributed by atoms with Gasteiger partial charge in [0, 0.05) is 17.0 Å². The van der Waals surface area contributed by atoms with E-state index in [1.165, 1.54) is 0 Å². The molecule has 21 heavy (non-hydrogen) atoms. The summed E-state index contributed by atoms with van der Waals surface area (Å²) >= 11 is 1.62. The number of carbonyl (C=O) groups excluding carboxylic acids is 1. The van der Waals surface area contributed by atoms with Gasteiger partial charge >= 0.3 is 0 Å². The first-order chi connectivity index (χ1) is 10.1. The van der Waals surface area contributed by atoms with Crippen molar-refractivity contribution in [3.63, 3.8) is 0 Å².